The van der Waals surface area contributed by atoms with Crippen LogP contribution in [-0.4, -0.2) is 54.1 Å². The summed E-state index contributed by atoms with van der Waals surface area (Å²) < 4.78 is 14.3. The SMILES string of the molecule is CCCCCCC[C@H]1O[C@@H](CCn2cc(C(CO)c3ccccc3)nn2)[C@H]([Si](C)(C)c2ccc(OC)cc2)[C@H]1C. The first-order chi connectivity index (χ1) is 19.4. The highest BCUT2D eigenvalue weighted by atomic mass is 28.3. The van der Waals surface area contributed by atoms with Crippen LogP contribution >= 0.6 is 0 Å². The third kappa shape index (κ3) is 7.23. The molecule has 0 bridgehead atoms. The lowest BCUT2D eigenvalue weighted by Gasteiger charge is -2.36. The van der Waals surface area contributed by atoms with Crippen LogP contribution in [0.2, 0.25) is 18.6 Å². The standard InChI is InChI=1S/C33H49N3O3Si/c1-6-7-8-9-13-16-31-25(2)33(40(4,5)28-19-17-27(38-3)18-20-28)32(39-31)21-22-36-23-30(34-35-36)29(24-37)26-14-11-10-12-15-26/h10-12,14-15,17-20,23,25,29,31-33,37H,6-9,13,16,21-22,24H2,1-5H3/t25-,29?,31+,32-,33+/m0/s1. The molecule has 1 aliphatic rings. The van der Waals surface area contributed by atoms with Gasteiger partial charge in [-0.3, -0.25) is 4.68 Å². The van der Waals surface area contributed by atoms with Gasteiger partial charge in [0.05, 0.1) is 45.6 Å². The largest absolute Gasteiger partial charge is 0.497 e. The summed E-state index contributed by atoms with van der Waals surface area (Å²) in [7, 11) is -0.144. The van der Waals surface area contributed by atoms with Crippen LogP contribution in [0, 0.1) is 5.92 Å². The maximum atomic E-state index is 10.1. The molecular formula is C33H49N3O3Si. The smallest absolute Gasteiger partial charge is 0.118 e. The van der Waals surface area contributed by atoms with Crippen molar-refractivity contribution in [3.05, 3.63) is 72.1 Å². The second-order valence-corrected chi connectivity index (χ2v) is 16.8. The highest BCUT2D eigenvalue weighted by Crippen LogP contribution is 2.46. The first-order valence-electron chi connectivity index (χ1n) is 15.2. The highest BCUT2D eigenvalue weighted by Gasteiger charge is 2.50. The van der Waals surface area contributed by atoms with Gasteiger partial charge in [-0.2, -0.15) is 0 Å². The van der Waals surface area contributed by atoms with Crippen molar-refractivity contribution in [2.45, 2.75) is 102 Å². The number of hydrogen-bond acceptors (Lipinski definition) is 5. The maximum Gasteiger partial charge on any atom is 0.118 e. The predicted molar refractivity (Wildman–Crippen MR) is 165 cm³/mol. The molecule has 3 aromatic rings. The van der Waals surface area contributed by atoms with Gasteiger partial charge in [-0.1, -0.05) is 112 Å². The lowest BCUT2D eigenvalue weighted by molar-refractivity contribution is 0.0233. The van der Waals surface area contributed by atoms with Gasteiger partial charge in [0.1, 0.15) is 5.75 Å². The number of aryl methyl sites for hydroxylation is 1. The van der Waals surface area contributed by atoms with Gasteiger partial charge in [-0.15, -0.1) is 5.10 Å². The minimum atomic E-state index is -1.87. The summed E-state index contributed by atoms with van der Waals surface area (Å²) in [5.41, 5.74) is 2.38. The van der Waals surface area contributed by atoms with Crippen molar-refractivity contribution in [1.29, 1.82) is 0 Å². The van der Waals surface area contributed by atoms with Crippen LogP contribution in [0.1, 0.15) is 76.0 Å². The van der Waals surface area contributed by atoms with E-state index >= 15 is 0 Å². The monoisotopic (exact) mass is 563 g/mol. The summed E-state index contributed by atoms with van der Waals surface area (Å²) in [6, 6.07) is 18.8. The van der Waals surface area contributed by atoms with E-state index in [1.54, 1.807) is 7.11 Å². The Balaban J connectivity index is 1.49. The number of aliphatic hydroxyl groups is 1. The second-order valence-electron chi connectivity index (χ2n) is 12.1. The van der Waals surface area contributed by atoms with Crippen LogP contribution in [0.4, 0.5) is 0 Å². The third-order valence-electron chi connectivity index (χ3n) is 9.10. The third-order valence-corrected chi connectivity index (χ3v) is 13.5. The molecule has 1 aromatic heterocycles. The Labute approximate surface area is 242 Å². The first-order valence-corrected chi connectivity index (χ1v) is 18.3. The number of methoxy groups -OCH3 is 1. The Hall–Kier alpha value is -2.48. The number of ether oxygens (including phenoxy) is 2. The number of nitrogens with zero attached hydrogens (tertiary/aromatic N) is 3. The molecule has 40 heavy (non-hydrogen) atoms. The zero-order valence-electron chi connectivity index (χ0n) is 25.1. The number of aromatic nitrogens is 3. The maximum absolute atomic E-state index is 10.1. The van der Waals surface area contributed by atoms with Crippen molar-refractivity contribution in [2.75, 3.05) is 13.7 Å². The number of unbranched alkanes of at least 4 members (excludes halogenated alkanes) is 4. The van der Waals surface area contributed by atoms with Gasteiger partial charge in [0.15, 0.2) is 0 Å². The van der Waals surface area contributed by atoms with E-state index in [4.69, 9.17) is 9.47 Å². The molecule has 1 saturated heterocycles. The molecule has 5 atom stereocenters. The van der Waals surface area contributed by atoms with E-state index < -0.39 is 8.07 Å². The minimum absolute atomic E-state index is 0.00954. The molecule has 0 amide bonds. The Bertz CT molecular complexity index is 1150. The van der Waals surface area contributed by atoms with Gasteiger partial charge >= 0.3 is 0 Å². The van der Waals surface area contributed by atoms with Crippen LogP contribution in [0.25, 0.3) is 0 Å². The van der Waals surface area contributed by atoms with Crippen molar-refractivity contribution < 1.29 is 14.6 Å². The molecule has 4 rings (SSSR count). The van der Waals surface area contributed by atoms with Crippen molar-refractivity contribution in [3.63, 3.8) is 0 Å². The Kier molecular flexibility index (Phi) is 11.0. The number of aliphatic hydroxyl groups excluding tert-OH is 1. The van der Waals surface area contributed by atoms with E-state index in [1.165, 1.54) is 37.3 Å². The molecule has 0 spiro atoms. The van der Waals surface area contributed by atoms with Gasteiger partial charge in [-0.05, 0) is 42.0 Å². The molecule has 1 unspecified atom stereocenters. The van der Waals surface area contributed by atoms with E-state index in [1.807, 2.05) is 41.2 Å². The van der Waals surface area contributed by atoms with Crippen LogP contribution in [0.5, 0.6) is 5.75 Å². The molecule has 0 aliphatic carbocycles. The molecular weight excluding hydrogens is 514 g/mol. The van der Waals surface area contributed by atoms with Crippen LogP contribution in [-0.2, 0) is 11.3 Å². The van der Waals surface area contributed by atoms with E-state index in [2.05, 4.69) is 61.5 Å². The average Bonchev–Trinajstić information content (AvgIpc) is 3.57. The summed E-state index contributed by atoms with van der Waals surface area (Å²) in [5.74, 6) is 1.26. The normalized spacial score (nSPS) is 21.9. The fourth-order valence-corrected chi connectivity index (χ4v) is 10.9. The second kappa shape index (κ2) is 14.4. The molecule has 7 heteroatoms. The van der Waals surface area contributed by atoms with E-state index in [0.717, 1.165) is 36.4 Å². The predicted octanol–water partition coefficient (Wildman–Crippen LogP) is 6.55. The molecule has 218 valence electrons. The summed E-state index contributed by atoms with van der Waals surface area (Å²) in [6.07, 6.45) is 11.0. The van der Waals surface area contributed by atoms with Gasteiger partial charge in [0.25, 0.3) is 0 Å². The summed E-state index contributed by atoms with van der Waals surface area (Å²) in [6.45, 7) is 10.5. The average molecular weight is 564 g/mol. The zero-order valence-corrected chi connectivity index (χ0v) is 26.1. The Morgan fingerprint density at radius 3 is 2.38 bits per heavy atom. The molecule has 6 nitrogen and oxygen atoms in total. The lowest BCUT2D eigenvalue weighted by atomic mass is 9.95. The Morgan fingerprint density at radius 2 is 1.70 bits per heavy atom. The number of hydrogen-bond donors (Lipinski definition) is 1. The van der Waals surface area contributed by atoms with Gasteiger partial charge in [0.2, 0.25) is 0 Å². The summed E-state index contributed by atoms with van der Waals surface area (Å²) in [4.78, 5) is 0. The van der Waals surface area contributed by atoms with Gasteiger partial charge in [0, 0.05) is 12.7 Å². The highest BCUT2D eigenvalue weighted by molar-refractivity contribution is 6.91. The van der Waals surface area contributed by atoms with Crippen LogP contribution < -0.4 is 9.92 Å². The molecule has 0 radical (unpaired) electrons. The Morgan fingerprint density at radius 1 is 0.975 bits per heavy atom. The first kappa shape index (κ1) is 30.5. The fraction of sp³-hybridized carbons (Fsp3) is 0.576. The van der Waals surface area contributed by atoms with E-state index in [9.17, 15) is 5.11 Å². The lowest BCUT2D eigenvalue weighted by Crippen LogP contribution is -2.50. The molecule has 0 saturated carbocycles. The molecule has 1 aliphatic heterocycles. The molecule has 1 fully saturated rings. The van der Waals surface area contributed by atoms with Gasteiger partial charge < -0.3 is 14.6 Å². The zero-order chi connectivity index (χ0) is 28.5. The van der Waals surface area contributed by atoms with Crippen LogP contribution in [0.3, 0.4) is 0 Å². The number of rotatable bonds is 15. The summed E-state index contributed by atoms with van der Waals surface area (Å²) >= 11 is 0. The van der Waals surface area contributed by atoms with Crippen LogP contribution in [0.15, 0.2) is 60.8 Å². The van der Waals surface area contributed by atoms with Crippen molar-refractivity contribution >= 4 is 13.3 Å². The van der Waals surface area contributed by atoms with Crippen molar-refractivity contribution in [3.8, 4) is 5.75 Å². The van der Waals surface area contributed by atoms with Crippen molar-refractivity contribution in [2.24, 2.45) is 5.92 Å². The van der Waals surface area contributed by atoms with Crippen molar-refractivity contribution in [1.82, 2.24) is 15.0 Å². The topological polar surface area (TPSA) is 69.4 Å². The van der Waals surface area contributed by atoms with E-state index in [0.29, 0.717) is 17.6 Å². The summed E-state index contributed by atoms with van der Waals surface area (Å²) in [5, 5.41) is 20.4. The molecule has 2 aromatic carbocycles. The molecule has 1 N–H and O–H groups in total. The van der Waals surface area contributed by atoms with E-state index in [-0.39, 0.29) is 18.6 Å². The fourth-order valence-electron chi connectivity index (χ4n) is 6.76. The molecule has 2 heterocycles. The minimum Gasteiger partial charge on any atom is -0.497 e. The van der Waals surface area contributed by atoms with Gasteiger partial charge in [-0.25, -0.2) is 0 Å². The number of benzene rings is 2. The quantitative estimate of drug-likeness (QED) is 0.168.